The van der Waals surface area contributed by atoms with Crippen molar-refractivity contribution < 1.29 is 14.3 Å². The number of anilines is 2. The van der Waals surface area contributed by atoms with Crippen molar-refractivity contribution in [1.82, 2.24) is 9.97 Å². The zero-order valence-corrected chi connectivity index (χ0v) is 28.2. The van der Waals surface area contributed by atoms with Gasteiger partial charge in [-0.15, -0.1) is 0 Å². The number of para-hydroxylation sites is 1. The summed E-state index contributed by atoms with van der Waals surface area (Å²) in [4.78, 5) is 24.5. The van der Waals surface area contributed by atoms with E-state index in [2.05, 4.69) is 52.1 Å². The second-order valence-corrected chi connectivity index (χ2v) is 14.3. The van der Waals surface area contributed by atoms with Gasteiger partial charge in [0.1, 0.15) is 17.0 Å². The minimum absolute atomic E-state index is 0.00194. The Morgan fingerprint density at radius 1 is 0.729 bits per heavy atom. The number of carbonyl (C=O) groups excluding carboxylic acids is 1. The molecule has 0 bridgehead atoms. The SMILES string of the molecule is COc1ccc(-c2nc3c4c(c(Nc5ccccc5)cc(Oc5ccc(C(C)(C)CC(C)(C)C)cc5)c4n2)C(=O)c2ccccc2-3)cc1. The van der Waals surface area contributed by atoms with E-state index in [1.165, 1.54) is 5.56 Å². The number of ether oxygens (including phenoxy) is 2. The molecule has 0 amide bonds. The Labute approximate surface area is 281 Å². The van der Waals surface area contributed by atoms with E-state index in [1.807, 2.05) is 97.1 Å². The van der Waals surface area contributed by atoms with Crippen molar-refractivity contribution in [3.8, 4) is 39.9 Å². The molecule has 1 aliphatic carbocycles. The predicted octanol–water partition coefficient (Wildman–Crippen LogP) is 10.8. The fraction of sp³-hybridized carbons (Fsp3) is 0.214. The number of carbonyl (C=O) groups is 1. The van der Waals surface area contributed by atoms with E-state index in [0.29, 0.717) is 50.7 Å². The van der Waals surface area contributed by atoms with Crippen LogP contribution in [-0.4, -0.2) is 22.9 Å². The number of rotatable bonds is 8. The number of fused-ring (bicyclic) bond motifs is 2. The van der Waals surface area contributed by atoms with Gasteiger partial charge in [0, 0.05) is 33.8 Å². The first kappa shape index (κ1) is 31.1. The van der Waals surface area contributed by atoms with Gasteiger partial charge in [-0.05, 0) is 71.3 Å². The van der Waals surface area contributed by atoms with Crippen molar-refractivity contribution in [3.63, 3.8) is 0 Å². The molecular weight excluding hydrogens is 594 g/mol. The van der Waals surface area contributed by atoms with Gasteiger partial charge in [-0.1, -0.05) is 89.2 Å². The number of nitrogens with zero attached hydrogens (tertiary/aromatic N) is 2. The Morgan fingerprint density at radius 3 is 2.04 bits per heavy atom. The maximum Gasteiger partial charge on any atom is 0.196 e. The highest BCUT2D eigenvalue weighted by Gasteiger charge is 2.32. The predicted molar refractivity (Wildman–Crippen MR) is 194 cm³/mol. The maximum absolute atomic E-state index is 14.3. The molecule has 0 fully saturated rings. The molecule has 1 aliphatic rings. The second-order valence-electron chi connectivity index (χ2n) is 14.3. The molecule has 1 N–H and O–H groups in total. The fourth-order valence-electron chi connectivity index (χ4n) is 6.99. The summed E-state index contributed by atoms with van der Waals surface area (Å²) in [6.45, 7) is 11.4. The fourth-order valence-corrected chi connectivity index (χ4v) is 6.99. The molecule has 0 spiro atoms. The average molecular weight is 634 g/mol. The van der Waals surface area contributed by atoms with Crippen LogP contribution in [0.2, 0.25) is 0 Å². The molecule has 0 atom stereocenters. The normalized spacial score (nSPS) is 12.5. The van der Waals surface area contributed by atoms with Crippen molar-refractivity contribution >= 4 is 28.1 Å². The molecular formula is C42H39N3O3. The number of benzene rings is 5. The lowest BCUT2D eigenvalue weighted by atomic mass is 9.72. The summed E-state index contributed by atoms with van der Waals surface area (Å²) in [5, 5.41) is 4.17. The molecule has 0 saturated heterocycles. The Hall–Kier alpha value is -5.49. The van der Waals surface area contributed by atoms with Crippen LogP contribution in [0.25, 0.3) is 33.5 Å². The average Bonchev–Trinajstić information content (AvgIpc) is 3.07. The van der Waals surface area contributed by atoms with Crippen LogP contribution in [0.4, 0.5) is 11.4 Å². The van der Waals surface area contributed by atoms with E-state index < -0.39 is 0 Å². The monoisotopic (exact) mass is 633 g/mol. The van der Waals surface area contributed by atoms with E-state index in [-0.39, 0.29) is 16.6 Å². The van der Waals surface area contributed by atoms with E-state index in [0.717, 1.165) is 29.0 Å². The van der Waals surface area contributed by atoms with E-state index in [1.54, 1.807) is 7.11 Å². The van der Waals surface area contributed by atoms with Crippen molar-refractivity contribution in [1.29, 1.82) is 0 Å². The van der Waals surface area contributed by atoms with Crippen LogP contribution in [0.5, 0.6) is 17.2 Å². The summed E-state index contributed by atoms with van der Waals surface area (Å²) in [6, 6.07) is 35.4. The van der Waals surface area contributed by atoms with Gasteiger partial charge in [0.05, 0.1) is 24.1 Å². The number of ketones is 1. The van der Waals surface area contributed by atoms with Crippen molar-refractivity contribution in [2.75, 3.05) is 12.4 Å². The van der Waals surface area contributed by atoms with Crippen LogP contribution in [0.3, 0.4) is 0 Å². The smallest absolute Gasteiger partial charge is 0.196 e. The third-order valence-electron chi connectivity index (χ3n) is 8.83. The molecule has 7 rings (SSSR count). The lowest BCUT2D eigenvalue weighted by Crippen LogP contribution is -2.24. The number of hydrogen-bond acceptors (Lipinski definition) is 6. The molecule has 0 unspecified atom stereocenters. The highest BCUT2D eigenvalue weighted by Crippen LogP contribution is 2.47. The first-order valence-electron chi connectivity index (χ1n) is 16.3. The van der Waals surface area contributed by atoms with E-state index in [4.69, 9.17) is 19.4 Å². The highest BCUT2D eigenvalue weighted by molar-refractivity contribution is 6.28. The van der Waals surface area contributed by atoms with Crippen LogP contribution in [-0.2, 0) is 5.41 Å². The van der Waals surface area contributed by atoms with Crippen LogP contribution in [0.1, 0.15) is 62.5 Å². The zero-order valence-electron chi connectivity index (χ0n) is 28.2. The quantitative estimate of drug-likeness (QED) is 0.179. The third-order valence-corrected chi connectivity index (χ3v) is 8.83. The topological polar surface area (TPSA) is 73.3 Å². The summed E-state index contributed by atoms with van der Waals surface area (Å²) in [5.41, 5.74) is 6.91. The van der Waals surface area contributed by atoms with Gasteiger partial charge >= 0.3 is 0 Å². The number of hydrogen-bond donors (Lipinski definition) is 1. The summed E-state index contributed by atoms with van der Waals surface area (Å²) in [7, 11) is 1.64. The second kappa shape index (κ2) is 11.9. The number of methoxy groups -OCH3 is 1. The highest BCUT2D eigenvalue weighted by atomic mass is 16.5. The zero-order chi connectivity index (χ0) is 33.6. The standard InChI is InChI=1S/C42H39N3O3/c1-41(2,3)25-42(4,5)27-18-22-30(23-19-27)48-34-24-33(43-28-12-8-7-9-13-28)35-36-37(31-14-10-11-15-32(31)39(35)46)44-40(45-38(34)36)26-16-20-29(47-6)21-17-26/h7-24,43H,25H2,1-6H3. The lowest BCUT2D eigenvalue weighted by Gasteiger charge is -2.33. The van der Waals surface area contributed by atoms with Gasteiger partial charge in [0.15, 0.2) is 17.4 Å². The number of aromatic nitrogens is 2. The summed E-state index contributed by atoms with van der Waals surface area (Å²) >= 11 is 0. The lowest BCUT2D eigenvalue weighted by molar-refractivity contribution is 0.104. The molecule has 6 heteroatoms. The van der Waals surface area contributed by atoms with Gasteiger partial charge in [-0.3, -0.25) is 4.79 Å². The summed E-state index contributed by atoms with van der Waals surface area (Å²) < 4.78 is 12.1. The summed E-state index contributed by atoms with van der Waals surface area (Å²) in [5.74, 6) is 2.40. The van der Waals surface area contributed by atoms with Crippen LogP contribution < -0.4 is 14.8 Å². The van der Waals surface area contributed by atoms with E-state index >= 15 is 0 Å². The van der Waals surface area contributed by atoms with Crippen molar-refractivity contribution in [3.05, 3.63) is 126 Å². The van der Waals surface area contributed by atoms with Gasteiger partial charge in [-0.2, -0.15) is 0 Å². The molecule has 240 valence electrons. The molecule has 0 aliphatic heterocycles. The minimum atomic E-state index is -0.0840. The molecule has 1 heterocycles. The van der Waals surface area contributed by atoms with Gasteiger partial charge < -0.3 is 14.8 Å². The molecule has 0 radical (unpaired) electrons. The maximum atomic E-state index is 14.3. The van der Waals surface area contributed by atoms with E-state index in [9.17, 15) is 4.79 Å². The Balaban J connectivity index is 1.43. The van der Waals surface area contributed by atoms with Crippen LogP contribution in [0, 0.1) is 5.41 Å². The summed E-state index contributed by atoms with van der Waals surface area (Å²) in [6.07, 6.45) is 1.05. The first-order chi connectivity index (χ1) is 23.0. The molecule has 6 aromatic rings. The van der Waals surface area contributed by atoms with Crippen LogP contribution >= 0.6 is 0 Å². The molecule has 48 heavy (non-hydrogen) atoms. The van der Waals surface area contributed by atoms with Crippen molar-refractivity contribution in [2.45, 2.75) is 46.5 Å². The van der Waals surface area contributed by atoms with Gasteiger partial charge in [0.2, 0.25) is 0 Å². The Morgan fingerprint density at radius 2 is 1.38 bits per heavy atom. The van der Waals surface area contributed by atoms with Crippen LogP contribution in [0.15, 0.2) is 109 Å². The third kappa shape index (κ3) is 5.90. The van der Waals surface area contributed by atoms with Gasteiger partial charge in [0.25, 0.3) is 0 Å². The molecule has 0 saturated carbocycles. The molecule has 5 aromatic carbocycles. The number of nitrogens with one attached hydrogen (secondary N) is 1. The minimum Gasteiger partial charge on any atom is -0.497 e. The Kier molecular flexibility index (Phi) is 7.75. The first-order valence-corrected chi connectivity index (χ1v) is 16.3. The van der Waals surface area contributed by atoms with Gasteiger partial charge in [-0.25, -0.2) is 9.97 Å². The molecule has 6 nitrogen and oxygen atoms in total. The Bertz CT molecular complexity index is 2150. The van der Waals surface area contributed by atoms with Crippen molar-refractivity contribution in [2.24, 2.45) is 5.41 Å². The molecule has 1 aromatic heterocycles. The largest absolute Gasteiger partial charge is 0.497 e.